The Morgan fingerprint density at radius 3 is 2.57 bits per heavy atom. The highest BCUT2D eigenvalue weighted by Gasteiger charge is 2.28. The first-order valence-electron chi connectivity index (χ1n) is 7.87. The fourth-order valence-electron chi connectivity index (χ4n) is 3.36. The van der Waals surface area contributed by atoms with Crippen molar-refractivity contribution in [2.45, 2.75) is 13.0 Å². The van der Waals surface area contributed by atoms with Gasteiger partial charge in [-0.05, 0) is 24.6 Å². The second-order valence-corrected chi connectivity index (χ2v) is 6.16. The molecule has 0 saturated carbocycles. The Balaban J connectivity index is 1.55. The molecule has 0 radical (unpaired) electrons. The van der Waals surface area contributed by atoms with Gasteiger partial charge in [0.05, 0.1) is 5.52 Å². The molecule has 0 unspecified atom stereocenters. The number of hydrogen-bond donors (Lipinski definition) is 1. The SMILES string of the molecule is Cc1cc2ccccc2nc1N1CCN(C2CNC2)CC1. The largest absolute Gasteiger partial charge is 0.354 e. The van der Waals surface area contributed by atoms with Crippen LogP contribution in [0.25, 0.3) is 10.9 Å². The molecule has 0 spiro atoms. The number of piperazine rings is 1. The van der Waals surface area contributed by atoms with Gasteiger partial charge in [-0.2, -0.15) is 0 Å². The third kappa shape index (κ3) is 2.39. The predicted octanol–water partition coefficient (Wildman–Crippen LogP) is 1.64. The zero-order chi connectivity index (χ0) is 14.2. The lowest BCUT2D eigenvalue weighted by Gasteiger charge is -2.43. The Morgan fingerprint density at radius 2 is 1.86 bits per heavy atom. The molecule has 0 atom stereocenters. The molecule has 1 aromatic heterocycles. The molecule has 0 amide bonds. The maximum atomic E-state index is 4.90. The van der Waals surface area contributed by atoms with E-state index >= 15 is 0 Å². The molecule has 2 fully saturated rings. The van der Waals surface area contributed by atoms with Crippen LogP contribution in [-0.2, 0) is 0 Å². The Kier molecular flexibility index (Phi) is 3.28. The van der Waals surface area contributed by atoms with Gasteiger partial charge in [0.15, 0.2) is 0 Å². The van der Waals surface area contributed by atoms with Gasteiger partial charge in [0.1, 0.15) is 5.82 Å². The van der Waals surface area contributed by atoms with Crippen molar-refractivity contribution >= 4 is 16.7 Å². The van der Waals surface area contributed by atoms with Crippen LogP contribution in [0.5, 0.6) is 0 Å². The molecular weight excluding hydrogens is 260 g/mol. The maximum Gasteiger partial charge on any atom is 0.132 e. The van der Waals surface area contributed by atoms with Crippen LogP contribution in [0.4, 0.5) is 5.82 Å². The number of aryl methyl sites for hydroxylation is 1. The minimum atomic E-state index is 0.762. The van der Waals surface area contributed by atoms with E-state index in [0.29, 0.717) is 0 Å². The molecule has 2 aromatic rings. The number of aromatic nitrogens is 1. The van der Waals surface area contributed by atoms with Crippen LogP contribution >= 0.6 is 0 Å². The quantitative estimate of drug-likeness (QED) is 0.907. The van der Waals surface area contributed by atoms with E-state index in [2.05, 4.69) is 52.4 Å². The number of hydrogen-bond acceptors (Lipinski definition) is 4. The third-order valence-electron chi connectivity index (χ3n) is 4.78. The third-order valence-corrected chi connectivity index (χ3v) is 4.78. The molecule has 2 saturated heterocycles. The number of pyridine rings is 1. The van der Waals surface area contributed by atoms with Crippen molar-refractivity contribution < 1.29 is 0 Å². The minimum absolute atomic E-state index is 0.762. The van der Waals surface area contributed by atoms with Crippen LogP contribution < -0.4 is 10.2 Å². The lowest BCUT2D eigenvalue weighted by atomic mass is 10.1. The number of anilines is 1. The second kappa shape index (κ2) is 5.28. The number of nitrogens with one attached hydrogen (secondary N) is 1. The summed E-state index contributed by atoms with van der Waals surface area (Å²) in [7, 11) is 0. The van der Waals surface area contributed by atoms with Gasteiger partial charge in [0.2, 0.25) is 0 Å². The second-order valence-electron chi connectivity index (χ2n) is 6.16. The Morgan fingerprint density at radius 1 is 1.10 bits per heavy atom. The van der Waals surface area contributed by atoms with E-state index in [0.717, 1.165) is 50.8 Å². The normalized spacial score (nSPS) is 20.7. The number of rotatable bonds is 2. The first-order valence-corrected chi connectivity index (χ1v) is 7.87. The Hall–Kier alpha value is -1.65. The van der Waals surface area contributed by atoms with E-state index in [1.54, 1.807) is 0 Å². The van der Waals surface area contributed by atoms with E-state index in [9.17, 15) is 0 Å². The van der Waals surface area contributed by atoms with Crippen molar-refractivity contribution in [3.63, 3.8) is 0 Å². The number of para-hydroxylation sites is 1. The van der Waals surface area contributed by atoms with Crippen LogP contribution in [0.3, 0.4) is 0 Å². The van der Waals surface area contributed by atoms with E-state index in [1.807, 2.05) is 0 Å². The van der Waals surface area contributed by atoms with E-state index in [4.69, 9.17) is 4.98 Å². The van der Waals surface area contributed by atoms with Gasteiger partial charge < -0.3 is 10.2 Å². The summed E-state index contributed by atoms with van der Waals surface area (Å²) in [4.78, 5) is 9.96. The molecule has 110 valence electrons. The number of fused-ring (bicyclic) bond motifs is 1. The molecule has 21 heavy (non-hydrogen) atoms. The summed E-state index contributed by atoms with van der Waals surface area (Å²) in [5.74, 6) is 1.17. The summed E-state index contributed by atoms with van der Waals surface area (Å²) in [6.07, 6.45) is 0. The van der Waals surface area contributed by atoms with E-state index in [-0.39, 0.29) is 0 Å². The fraction of sp³-hybridized carbons (Fsp3) is 0.471. The van der Waals surface area contributed by atoms with Gasteiger partial charge in [0.25, 0.3) is 0 Å². The number of nitrogens with zero attached hydrogens (tertiary/aromatic N) is 3. The molecule has 2 aliphatic rings. The molecule has 4 heteroatoms. The van der Waals surface area contributed by atoms with Crippen LogP contribution in [-0.4, -0.2) is 55.2 Å². The van der Waals surface area contributed by atoms with Crippen LogP contribution in [0.15, 0.2) is 30.3 Å². The number of benzene rings is 1. The van der Waals surface area contributed by atoms with Crippen molar-refractivity contribution in [3.05, 3.63) is 35.9 Å². The highest BCUT2D eigenvalue weighted by atomic mass is 15.3. The predicted molar refractivity (Wildman–Crippen MR) is 86.9 cm³/mol. The van der Waals surface area contributed by atoms with Gasteiger partial charge in [-0.3, -0.25) is 4.90 Å². The highest BCUT2D eigenvalue weighted by Crippen LogP contribution is 2.24. The first-order chi connectivity index (χ1) is 10.3. The van der Waals surface area contributed by atoms with E-state index < -0.39 is 0 Å². The summed E-state index contributed by atoms with van der Waals surface area (Å²) in [5, 5.41) is 4.60. The molecule has 2 aliphatic heterocycles. The summed E-state index contributed by atoms with van der Waals surface area (Å²) in [5.41, 5.74) is 2.39. The molecule has 4 nitrogen and oxygen atoms in total. The van der Waals surface area contributed by atoms with Gasteiger partial charge >= 0.3 is 0 Å². The maximum absolute atomic E-state index is 4.90. The van der Waals surface area contributed by atoms with Gasteiger partial charge in [-0.15, -0.1) is 0 Å². The fourth-order valence-corrected chi connectivity index (χ4v) is 3.36. The molecule has 1 N–H and O–H groups in total. The molecular formula is C17H22N4. The first kappa shape index (κ1) is 13.0. The molecule has 0 bridgehead atoms. The molecule has 4 rings (SSSR count). The van der Waals surface area contributed by atoms with Gasteiger partial charge in [-0.1, -0.05) is 18.2 Å². The highest BCUT2D eigenvalue weighted by molar-refractivity contribution is 5.81. The summed E-state index contributed by atoms with van der Waals surface area (Å²) in [6.45, 7) is 8.98. The molecule has 0 aliphatic carbocycles. The molecule has 1 aromatic carbocycles. The summed E-state index contributed by atoms with van der Waals surface area (Å²) in [6, 6.07) is 11.4. The topological polar surface area (TPSA) is 31.4 Å². The smallest absolute Gasteiger partial charge is 0.132 e. The lowest BCUT2D eigenvalue weighted by molar-refractivity contribution is 0.137. The van der Waals surface area contributed by atoms with Crippen molar-refractivity contribution in [1.29, 1.82) is 0 Å². The van der Waals surface area contributed by atoms with Crippen LogP contribution in [0, 0.1) is 6.92 Å². The minimum Gasteiger partial charge on any atom is -0.354 e. The molecule has 3 heterocycles. The average Bonchev–Trinajstić information content (AvgIpc) is 2.46. The van der Waals surface area contributed by atoms with Crippen molar-refractivity contribution in [2.75, 3.05) is 44.2 Å². The standard InChI is InChI=1S/C17H22N4/c1-13-10-14-4-2-3-5-16(14)19-17(13)21-8-6-20(7-9-21)15-11-18-12-15/h2-5,10,15,18H,6-9,11-12H2,1H3. The van der Waals surface area contributed by atoms with Gasteiger partial charge in [-0.25, -0.2) is 4.98 Å². The summed E-state index contributed by atoms with van der Waals surface area (Å²) >= 11 is 0. The van der Waals surface area contributed by atoms with Crippen molar-refractivity contribution in [2.24, 2.45) is 0 Å². The van der Waals surface area contributed by atoms with Crippen LogP contribution in [0.1, 0.15) is 5.56 Å². The average molecular weight is 282 g/mol. The van der Waals surface area contributed by atoms with Crippen LogP contribution in [0.2, 0.25) is 0 Å². The van der Waals surface area contributed by atoms with E-state index in [1.165, 1.54) is 16.8 Å². The zero-order valence-electron chi connectivity index (χ0n) is 12.5. The van der Waals surface area contributed by atoms with Crippen molar-refractivity contribution in [1.82, 2.24) is 15.2 Å². The Bertz CT molecular complexity index is 642. The zero-order valence-corrected chi connectivity index (χ0v) is 12.5. The Labute approximate surface area is 125 Å². The summed E-state index contributed by atoms with van der Waals surface area (Å²) < 4.78 is 0. The monoisotopic (exact) mass is 282 g/mol. The van der Waals surface area contributed by atoms with Gasteiger partial charge in [0, 0.05) is 50.7 Å². The lowest BCUT2D eigenvalue weighted by Crippen LogP contribution is -2.61. The van der Waals surface area contributed by atoms with Crippen molar-refractivity contribution in [3.8, 4) is 0 Å².